The van der Waals surface area contributed by atoms with E-state index in [1.165, 1.54) is 31.0 Å². The van der Waals surface area contributed by atoms with E-state index < -0.39 is 0 Å². The molecule has 0 aliphatic heterocycles. The van der Waals surface area contributed by atoms with Gasteiger partial charge in [-0.15, -0.1) is 10.2 Å². The lowest BCUT2D eigenvalue weighted by Gasteiger charge is -2.56. The van der Waals surface area contributed by atoms with Crippen molar-refractivity contribution >= 4 is 23.7 Å². The maximum absolute atomic E-state index is 12.7. The minimum Gasteiger partial charge on any atom is -0.332 e. The molecule has 176 valence electrons. The number of hydrogen-bond donors (Lipinski definition) is 2. The average Bonchev–Trinajstić information content (AvgIpc) is 3.13. The molecule has 8 heteroatoms. The molecular formula is C25H33N5O2S. The summed E-state index contributed by atoms with van der Waals surface area (Å²) in [6.45, 7) is 4.93. The van der Waals surface area contributed by atoms with Gasteiger partial charge in [0.05, 0.1) is 5.75 Å². The molecule has 4 aliphatic carbocycles. The van der Waals surface area contributed by atoms with E-state index in [1.807, 2.05) is 12.1 Å². The first kappa shape index (κ1) is 22.4. The van der Waals surface area contributed by atoms with Gasteiger partial charge in [-0.25, -0.2) is 4.79 Å². The summed E-state index contributed by atoms with van der Waals surface area (Å²) >= 11 is 1.32. The summed E-state index contributed by atoms with van der Waals surface area (Å²) in [5, 5.41) is 15.2. The van der Waals surface area contributed by atoms with E-state index >= 15 is 0 Å². The molecule has 1 aromatic heterocycles. The van der Waals surface area contributed by atoms with Gasteiger partial charge < -0.3 is 9.88 Å². The van der Waals surface area contributed by atoms with Crippen LogP contribution < -0.4 is 10.6 Å². The van der Waals surface area contributed by atoms with Crippen LogP contribution in [0.2, 0.25) is 0 Å². The number of urea groups is 1. The molecule has 6 rings (SSSR count). The van der Waals surface area contributed by atoms with E-state index in [-0.39, 0.29) is 23.2 Å². The molecule has 4 fully saturated rings. The monoisotopic (exact) mass is 467 g/mol. The molecule has 0 saturated heterocycles. The first-order chi connectivity index (χ1) is 15.9. The zero-order valence-corrected chi connectivity index (χ0v) is 20.3. The normalized spacial score (nSPS) is 27.5. The number of carbonyl (C=O) groups excluding carboxylic acids is 2. The van der Waals surface area contributed by atoms with E-state index in [1.54, 1.807) is 0 Å². The Morgan fingerprint density at radius 2 is 1.82 bits per heavy atom. The zero-order valence-electron chi connectivity index (χ0n) is 19.5. The Bertz CT molecular complexity index is 1010. The van der Waals surface area contributed by atoms with E-state index in [0.717, 1.165) is 66.9 Å². The number of benzene rings is 1. The largest absolute Gasteiger partial charge is 0.332 e. The number of carbonyl (C=O) groups is 2. The average molecular weight is 468 g/mol. The van der Waals surface area contributed by atoms with Crippen LogP contribution in [0.5, 0.6) is 0 Å². The second-order valence-electron chi connectivity index (χ2n) is 10.3. The van der Waals surface area contributed by atoms with Crippen molar-refractivity contribution in [1.82, 2.24) is 25.4 Å². The van der Waals surface area contributed by atoms with Crippen LogP contribution in [0.25, 0.3) is 11.4 Å². The van der Waals surface area contributed by atoms with E-state index in [4.69, 9.17) is 0 Å². The van der Waals surface area contributed by atoms with Crippen molar-refractivity contribution in [1.29, 1.82) is 0 Å². The molecule has 1 heterocycles. The quantitative estimate of drug-likeness (QED) is 0.583. The Hall–Kier alpha value is -2.35. The SMILES string of the molecule is CCCn1c(SCC(=O)NC(=O)NC23CC4CC(CC(C4)C2)C3)nnc1-c1cccc(C)c1. The van der Waals surface area contributed by atoms with Crippen molar-refractivity contribution in [2.45, 2.75) is 76.0 Å². The van der Waals surface area contributed by atoms with Gasteiger partial charge in [0.15, 0.2) is 11.0 Å². The molecule has 0 spiro atoms. The molecule has 4 aliphatic rings. The molecule has 2 aromatic rings. The third-order valence-corrected chi connectivity index (χ3v) is 8.41. The molecule has 1 aromatic carbocycles. The third-order valence-electron chi connectivity index (χ3n) is 7.44. The van der Waals surface area contributed by atoms with Crippen LogP contribution >= 0.6 is 11.8 Å². The van der Waals surface area contributed by atoms with Crippen molar-refractivity contribution in [3.8, 4) is 11.4 Å². The lowest BCUT2D eigenvalue weighted by molar-refractivity contribution is -0.117. The van der Waals surface area contributed by atoms with Crippen LogP contribution in [0, 0.1) is 24.7 Å². The molecule has 0 unspecified atom stereocenters. The van der Waals surface area contributed by atoms with Gasteiger partial charge in [0, 0.05) is 17.6 Å². The summed E-state index contributed by atoms with van der Waals surface area (Å²) in [5.74, 6) is 2.87. The van der Waals surface area contributed by atoms with Gasteiger partial charge in [0.25, 0.3) is 0 Å². The molecule has 3 amide bonds. The third kappa shape index (κ3) is 4.81. The second-order valence-corrected chi connectivity index (χ2v) is 11.3. The maximum Gasteiger partial charge on any atom is 0.321 e. The van der Waals surface area contributed by atoms with Crippen LogP contribution in [0.4, 0.5) is 4.79 Å². The van der Waals surface area contributed by atoms with Gasteiger partial charge in [0.1, 0.15) is 0 Å². The predicted octanol–water partition coefficient (Wildman–Crippen LogP) is 4.55. The van der Waals surface area contributed by atoms with Gasteiger partial charge in [-0.1, -0.05) is 42.4 Å². The number of nitrogens with zero attached hydrogens (tertiary/aromatic N) is 3. The number of thioether (sulfide) groups is 1. The molecule has 4 bridgehead atoms. The Balaban J connectivity index is 1.19. The van der Waals surface area contributed by atoms with Crippen LogP contribution in [-0.2, 0) is 11.3 Å². The van der Waals surface area contributed by atoms with E-state index in [0.29, 0.717) is 5.16 Å². The fourth-order valence-corrected chi connectivity index (χ4v) is 7.41. The van der Waals surface area contributed by atoms with Crippen LogP contribution in [-0.4, -0.2) is 38.0 Å². The molecule has 0 atom stereocenters. The number of nitrogens with one attached hydrogen (secondary N) is 2. The van der Waals surface area contributed by atoms with Gasteiger partial charge in [-0.3, -0.25) is 10.1 Å². The smallest absolute Gasteiger partial charge is 0.321 e. The highest BCUT2D eigenvalue weighted by atomic mass is 32.2. The summed E-state index contributed by atoms with van der Waals surface area (Å²) in [5.41, 5.74) is 2.08. The molecular weight excluding hydrogens is 434 g/mol. The van der Waals surface area contributed by atoms with E-state index in [2.05, 4.69) is 51.4 Å². The lowest BCUT2D eigenvalue weighted by Crippen LogP contribution is -2.61. The Labute approximate surface area is 199 Å². The summed E-state index contributed by atoms with van der Waals surface area (Å²) in [7, 11) is 0. The highest BCUT2D eigenvalue weighted by molar-refractivity contribution is 7.99. The van der Waals surface area contributed by atoms with Crippen molar-refractivity contribution in [2.75, 3.05) is 5.75 Å². The van der Waals surface area contributed by atoms with Crippen molar-refractivity contribution in [3.63, 3.8) is 0 Å². The van der Waals surface area contributed by atoms with Crippen LogP contribution in [0.15, 0.2) is 29.4 Å². The maximum atomic E-state index is 12.7. The number of imide groups is 1. The van der Waals surface area contributed by atoms with Crippen molar-refractivity contribution in [3.05, 3.63) is 29.8 Å². The molecule has 33 heavy (non-hydrogen) atoms. The van der Waals surface area contributed by atoms with Gasteiger partial charge in [-0.05, 0) is 75.7 Å². The first-order valence-electron chi connectivity index (χ1n) is 12.2. The first-order valence-corrected chi connectivity index (χ1v) is 13.2. The highest BCUT2D eigenvalue weighted by Crippen LogP contribution is 2.55. The minimum absolute atomic E-state index is 0.101. The molecule has 2 N–H and O–H groups in total. The van der Waals surface area contributed by atoms with Crippen LogP contribution in [0.1, 0.15) is 57.4 Å². The standard InChI is InChI=1S/C25H33N5O2S/c1-3-7-30-22(20-6-4-5-16(2)8-20)28-29-24(30)33-15-21(31)26-23(32)27-25-12-17-9-18(13-25)11-19(10-17)14-25/h4-6,8,17-19H,3,7,9-15H2,1-2H3,(H2,26,27,31,32). The zero-order chi connectivity index (χ0) is 23.0. The van der Waals surface area contributed by atoms with Crippen molar-refractivity contribution in [2.24, 2.45) is 17.8 Å². The Kier molecular flexibility index (Phi) is 6.20. The minimum atomic E-state index is -0.349. The second kappa shape index (κ2) is 9.12. The predicted molar refractivity (Wildman–Crippen MR) is 129 cm³/mol. The van der Waals surface area contributed by atoms with Gasteiger partial charge >= 0.3 is 6.03 Å². The molecule has 7 nitrogen and oxygen atoms in total. The van der Waals surface area contributed by atoms with Crippen molar-refractivity contribution < 1.29 is 9.59 Å². The summed E-state index contributed by atoms with van der Waals surface area (Å²) in [6, 6.07) is 7.83. The van der Waals surface area contributed by atoms with E-state index in [9.17, 15) is 9.59 Å². The highest BCUT2D eigenvalue weighted by Gasteiger charge is 2.51. The fraction of sp³-hybridized carbons (Fsp3) is 0.600. The number of aryl methyl sites for hydroxylation is 1. The topological polar surface area (TPSA) is 88.9 Å². The van der Waals surface area contributed by atoms with Crippen LogP contribution in [0.3, 0.4) is 0 Å². The summed E-state index contributed by atoms with van der Waals surface area (Å²) < 4.78 is 2.06. The van der Waals surface area contributed by atoms with Gasteiger partial charge in [0.2, 0.25) is 5.91 Å². The number of amides is 3. The Morgan fingerprint density at radius 1 is 1.12 bits per heavy atom. The Morgan fingerprint density at radius 3 is 2.45 bits per heavy atom. The lowest BCUT2D eigenvalue weighted by atomic mass is 9.53. The number of aromatic nitrogens is 3. The summed E-state index contributed by atoms with van der Waals surface area (Å²) in [4.78, 5) is 25.2. The molecule has 0 radical (unpaired) electrons. The number of hydrogen-bond acceptors (Lipinski definition) is 5. The molecule has 4 saturated carbocycles. The fourth-order valence-electron chi connectivity index (χ4n) is 6.65. The van der Waals surface area contributed by atoms with Gasteiger partial charge in [-0.2, -0.15) is 0 Å². The number of rotatable bonds is 7. The summed E-state index contributed by atoms with van der Waals surface area (Å²) in [6.07, 6.45) is 8.10.